The van der Waals surface area contributed by atoms with E-state index < -0.39 is 36.4 Å². The first kappa shape index (κ1) is 37.0. The van der Waals surface area contributed by atoms with E-state index in [9.17, 15) is 29.7 Å². The molecule has 0 atom stereocenters. The summed E-state index contributed by atoms with van der Waals surface area (Å²) in [4.78, 5) is 30.0. The van der Waals surface area contributed by atoms with E-state index in [2.05, 4.69) is 11.7 Å². The van der Waals surface area contributed by atoms with Crippen LogP contribution in [0.25, 0.3) is 0 Å². The Morgan fingerprint density at radius 2 is 1.11 bits per heavy atom. The van der Waals surface area contributed by atoms with Gasteiger partial charge < -0.3 is 40.3 Å². The summed E-state index contributed by atoms with van der Waals surface area (Å²) in [6.45, 7) is 0. The van der Waals surface area contributed by atoms with Crippen LogP contribution in [0.1, 0.15) is 12.8 Å². The van der Waals surface area contributed by atoms with E-state index in [0.717, 1.165) is 0 Å². The van der Waals surface area contributed by atoms with Crippen LogP contribution in [0.15, 0.2) is 0 Å². The van der Waals surface area contributed by atoms with Crippen molar-refractivity contribution >= 4 is 17.9 Å². The van der Waals surface area contributed by atoms with Crippen LogP contribution in [0.2, 0.25) is 0 Å². The number of hydrazine groups is 1. The number of rotatable bonds is 5. The molecule has 13 heteroatoms. The normalized spacial score (nSPS) is 7.74. The molecule has 0 radical (unpaired) electrons. The Morgan fingerprint density at radius 3 is 1.21 bits per heavy atom. The summed E-state index contributed by atoms with van der Waals surface area (Å²) in [5.74, 6) is 2.02. The van der Waals surface area contributed by atoms with Crippen molar-refractivity contribution in [3.05, 3.63) is 0 Å². The van der Waals surface area contributed by atoms with E-state index in [1.54, 1.807) is 0 Å². The first-order valence-electron chi connectivity index (χ1n) is 3.45. The first-order chi connectivity index (χ1) is 6.78. The summed E-state index contributed by atoms with van der Waals surface area (Å²) in [6, 6.07) is 0. The van der Waals surface area contributed by atoms with Crippen LogP contribution < -0.4 is 116 Å². The Bertz CT molecular complexity index is 249. The van der Waals surface area contributed by atoms with Crippen LogP contribution in [0.4, 0.5) is 0 Å². The van der Waals surface area contributed by atoms with Crippen molar-refractivity contribution < 1.29 is 129 Å². The fraction of sp³-hybridized carbons (Fsp3) is 0.500. The predicted molar refractivity (Wildman–Crippen MR) is 41.2 cm³/mol. The van der Waals surface area contributed by atoms with Crippen molar-refractivity contribution in [1.82, 2.24) is 0 Å². The average Bonchev–Trinajstić information content (AvgIpc) is 2.04. The smallest absolute Gasteiger partial charge is 0.550 e. The third-order valence-corrected chi connectivity index (χ3v) is 1.25. The topological polar surface area (TPSA) is 224 Å². The zero-order valence-corrected chi connectivity index (χ0v) is 17.0. The van der Waals surface area contributed by atoms with Crippen molar-refractivity contribution in [2.45, 2.75) is 18.4 Å². The van der Waals surface area contributed by atoms with E-state index in [0.29, 0.717) is 0 Å². The van der Waals surface area contributed by atoms with Crippen LogP contribution in [-0.4, -0.2) is 34.1 Å². The third-order valence-electron chi connectivity index (χ3n) is 1.25. The van der Waals surface area contributed by atoms with E-state index in [1.165, 1.54) is 0 Å². The van der Waals surface area contributed by atoms with Gasteiger partial charge in [-0.05, 0) is 0 Å². The molecule has 0 aromatic rings. The van der Waals surface area contributed by atoms with E-state index in [-0.39, 0.29) is 94.1 Å². The fourth-order valence-corrected chi connectivity index (χ4v) is 0.684. The Labute approximate surface area is 175 Å². The minimum absolute atomic E-state index is 0. The molecule has 0 rings (SSSR count). The number of aliphatic hydroxyl groups is 1. The number of aliphatic carboxylic acids is 3. The molecule has 0 amide bonds. The largest absolute Gasteiger partial charge is 1.00 e. The molecule has 0 aromatic heterocycles. The molecule has 0 fully saturated rings. The Balaban J connectivity index is -0.0000000669. The molecule has 96 valence electrons. The molecule has 10 nitrogen and oxygen atoms in total. The summed E-state index contributed by atoms with van der Waals surface area (Å²) in [5, 5.41) is 38.9. The second-order valence-electron chi connectivity index (χ2n) is 2.42. The molecular weight excluding hydrogens is 297 g/mol. The number of hydrogen-bond acceptors (Lipinski definition) is 9. The minimum Gasteiger partial charge on any atom is -0.550 e. The zero-order valence-electron chi connectivity index (χ0n) is 11.0. The number of carbonyl (C=O) groups is 3. The van der Waals surface area contributed by atoms with E-state index >= 15 is 0 Å². The third kappa shape index (κ3) is 19.2. The van der Waals surface area contributed by atoms with Gasteiger partial charge in [-0.15, -0.1) is 0 Å². The van der Waals surface area contributed by atoms with Gasteiger partial charge >= 0.3 is 88.7 Å². The van der Waals surface area contributed by atoms with Crippen molar-refractivity contribution in [1.29, 1.82) is 0 Å². The molecule has 0 spiro atoms. The van der Waals surface area contributed by atoms with Crippen molar-refractivity contribution in [2.24, 2.45) is 11.7 Å². The molecule has 0 bridgehead atoms. The van der Waals surface area contributed by atoms with Gasteiger partial charge in [0.15, 0.2) is 0 Å². The van der Waals surface area contributed by atoms with Crippen LogP contribution in [-0.2, 0) is 14.4 Å². The minimum atomic E-state index is -2.97. The predicted octanol–water partition coefficient (Wildman–Crippen LogP) is -16.2. The second-order valence-corrected chi connectivity index (χ2v) is 2.42. The van der Waals surface area contributed by atoms with Gasteiger partial charge in [0.2, 0.25) is 0 Å². The van der Waals surface area contributed by atoms with Gasteiger partial charge in [-0.25, -0.2) is 0 Å². The number of carboxylic acids is 3. The van der Waals surface area contributed by atoms with Crippen LogP contribution in [0.5, 0.6) is 0 Å². The Hall–Kier alpha value is 1.25. The molecule has 7 N–H and O–H groups in total. The zero-order chi connectivity index (χ0) is 12.6. The maximum Gasteiger partial charge on any atom is 1.00 e. The maximum absolute atomic E-state index is 10.1. The quantitative estimate of drug-likeness (QED) is 0.248. The number of hydrogen-bond donors (Lipinski definition) is 3. The van der Waals surface area contributed by atoms with Gasteiger partial charge in [0.05, 0.1) is 5.97 Å². The monoisotopic (exact) mass is 308 g/mol. The molecule has 0 saturated carbocycles. The summed E-state index contributed by atoms with van der Waals surface area (Å²) in [7, 11) is 0. The number of nitrogens with two attached hydrogens (primary N) is 2. The van der Waals surface area contributed by atoms with Gasteiger partial charge in [0, 0.05) is 24.8 Å². The first-order valence-corrected chi connectivity index (χ1v) is 3.45. The summed E-state index contributed by atoms with van der Waals surface area (Å²) < 4.78 is 0. The van der Waals surface area contributed by atoms with E-state index in [4.69, 9.17) is 5.11 Å². The van der Waals surface area contributed by atoms with Crippen LogP contribution >= 0.6 is 0 Å². The molecule has 0 heterocycles. The van der Waals surface area contributed by atoms with Gasteiger partial charge in [0.1, 0.15) is 5.60 Å². The number of carboxylic acid groups (broad SMARTS) is 3. The molecular formula is C6H11N2Na3O8. The summed E-state index contributed by atoms with van der Waals surface area (Å²) >= 11 is 0. The maximum atomic E-state index is 10.1. The van der Waals surface area contributed by atoms with Gasteiger partial charge in [0.25, 0.3) is 0 Å². The molecule has 19 heavy (non-hydrogen) atoms. The SMILES string of the molecule is NN.O.O=C([O-])CC(O)(CC(=O)[O-])C(=O)[O-].[Na+].[Na+].[Na+]. The molecule has 0 aliphatic heterocycles. The van der Waals surface area contributed by atoms with Crippen molar-refractivity contribution in [3.63, 3.8) is 0 Å². The Kier molecular flexibility index (Phi) is 37.4. The Morgan fingerprint density at radius 1 is 0.895 bits per heavy atom. The average molecular weight is 308 g/mol. The van der Waals surface area contributed by atoms with Crippen molar-refractivity contribution in [2.75, 3.05) is 0 Å². The molecule has 0 unspecified atom stereocenters. The molecule has 0 aliphatic rings. The molecule has 0 saturated heterocycles. The van der Waals surface area contributed by atoms with Gasteiger partial charge in [-0.3, -0.25) is 11.7 Å². The molecule has 0 aliphatic carbocycles. The standard InChI is InChI=1S/C6H8O7.H4N2.3Na.H2O/c7-3(8)1-6(13,5(11)12)2-4(9)10;1-2;;;;/h13H,1-2H2,(H,7,8)(H,9,10)(H,11,12);1-2H2;;;;1H2/q;;3*+1;/p-3. The second kappa shape index (κ2) is 19.2. The summed E-state index contributed by atoms with van der Waals surface area (Å²) in [5.41, 5.74) is -2.97. The summed E-state index contributed by atoms with van der Waals surface area (Å²) in [6.07, 6.45) is -2.72. The van der Waals surface area contributed by atoms with Gasteiger partial charge in [-0.2, -0.15) is 0 Å². The van der Waals surface area contributed by atoms with Crippen molar-refractivity contribution in [3.8, 4) is 0 Å². The van der Waals surface area contributed by atoms with Crippen LogP contribution in [0.3, 0.4) is 0 Å². The van der Waals surface area contributed by atoms with E-state index in [1.807, 2.05) is 0 Å². The molecule has 0 aromatic carbocycles. The van der Waals surface area contributed by atoms with Gasteiger partial charge in [-0.1, -0.05) is 0 Å². The fourth-order valence-electron chi connectivity index (χ4n) is 0.684. The number of carbonyl (C=O) groups excluding carboxylic acids is 3. The van der Waals surface area contributed by atoms with Crippen LogP contribution in [0, 0.1) is 0 Å².